The molecule has 0 bridgehead atoms. The number of nitrogens with one attached hydrogen (secondary N) is 1. The predicted octanol–water partition coefficient (Wildman–Crippen LogP) is 3.63. The Morgan fingerprint density at radius 3 is 2.44 bits per heavy atom. The van der Waals surface area contributed by atoms with Gasteiger partial charge >= 0.3 is 0 Å². The summed E-state index contributed by atoms with van der Waals surface area (Å²) in [5.41, 5.74) is 0.876. The number of furan rings is 1. The zero-order valence-corrected chi connectivity index (χ0v) is 18.0. The summed E-state index contributed by atoms with van der Waals surface area (Å²) in [5, 5.41) is 10.1. The number of benzene rings is 3. The van der Waals surface area contributed by atoms with E-state index in [1.165, 1.54) is 12.1 Å². The van der Waals surface area contributed by atoms with Crippen LogP contribution < -0.4 is 15.2 Å². The van der Waals surface area contributed by atoms with E-state index < -0.39 is 10.0 Å². The van der Waals surface area contributed by atoms with Crippen LogP contribution in [0, 0.1) is 0 Å². The van der Waals surface area contributed by atoms with Crippen LogP contribution in [0.2, 0.25) is 0 Å². The summed E-state index contributed by atoms with van der Waals surface area (Å²) in [5.74, 6) is 1.14. The van der Waals surface area contributed by atoms with Gasteiger partial charge in [0.2, 0.25) is 10.0 Å². The molecule has 0 fully saturated rings. The molecule has 0 radical (unpaired) electrons. The van der Waals surface area contributed by atoms with Crippen LogP contribution in [0.15, 0.2) is 88.2 Å². The number of carbonyl (C=O) groups is 1. The van der Waals surface area contributed by atoms with E-state index in [-0.39, 0.29) is 23.2 Å². The maximum atomic E-state index is 12.3. The van der Waals surface area contributed by atoms with Crippen LogP contribution in [0.5, 0.6) is 5.75 Å². The van der Waals surface area contributed by atoms with E-state index in [0.29, 0.717) is 18.7 Å². The van der Waals surface area contributed by atoms with Crippen LogP contribution in [0.3, 0.4) is 0 Å². The van der Waals surface area contributed by atoms with Crippen molar-refractivity contribution < 1.29 is 22.4 Å². The predicted molar refractivity (Wildman–Crippen MR) is 121 cm³/mol. The summed E-state index contributed by atoms with van der Waals surface area (Å²) in [6.07, 6.45) is 0.537. The number of nitrogens with two attached hydrogens (primary N) is 1. The molecule has 0 aliphatic heterocycles. The van der Waals surface area contributed by atoms with E-state index in [4.69, 9.17) is 14.3 Å². The summed E-state index contributed by atoms with van der Waals surface area (Å²) in [6, 6.07) is 23.4. The maximum absolute atomic E-state index is 12.3. The van der Waals surface area contributed by atoms with Crippen molar-refractivity contribution in [2.24, 2.45) is 5.14 Å². The molecule has 3 N–H and O–H groups in total. The van der Waals surface area contributed by atoms with E-state index in [1.54, 1.807) is 24.3 Å². The van der Waals surface area contributed by atoms with Gasteiger partial charge in [-0.25, -0.2) is 13.6 Å². The normalized spacial score (nSPS) is 11.4. The molecule has 0 atom stereocenters. The molecule has 0 spiro atoms. The SMILES string of the molecule is NS(=O)(=O)c1ccc(CCNC(=O)c2ccc(COc3ccc4ccccc4c3)o2)cc1. The zero-order chi connectivity index (χ0) is 22.6. The second-order valence-corrected chi connectivity index (χ2v) is 8.82. The third-order valence-electron chi connectivity index (χ3n) is 4.94. The van der Waals surface area contributed by atoms with Gasteiger partial charge in [0.1, 0.15) is 18.1 Å². The molecule has 1 heterocycles. The molecule has 164 valence electrons. The molecule has 7 nitrogen and oxygen atoms in total. The fourth-order valence-corrected chi connectivity index (χ4v) is 3.76. The number of amides is 1. The minimum atomic E-state index is -3.71. The number of rotatable bonds is 8. The average molecular weight is 451 g/mol. The van der Waals surface area contributed by atoms with Gasteiger partial charge in [0.15, 0.2) is 5.76 Å². The van der Waals surface area contributed by atoms with E-state index in [1.807, 2.05) is 42.5 Å². The highest BCUT2D eigenvalue weighted by molar-refractivity contribution is 7.89. The molecule has 0 aliphatic carbocycles. The molecule has 8 heteroatoms. The number of primary sulfonamides is 1. The van der Waals surface area contributed by atoms with Gasteiger partial charge in [-0.2, -0.15) is 0 Å². The van der Waals surface area contributed by atoms with Gasteiger partial charge in [-0.15, -0.1) is 0 Å². The van der Waals surface area contributed by atoms with Gasteiger partial charge in [0, 0.05) is 6.54 Å². The van der Waals surface area contributed by atoms with Gasteiger partial charge in [-0.1, -0.05) is 42.5 Å². The monoisotopic (exact) mass is 450 g/mol. The molecule has 32 heavy (non-hydrogen) atoms. The van der Waals surface area contributed by atoms with Crippen LogP contribution >= 0.6 is 0 Å². The fraction of sp³-hybridized carbons (Fsp3) is 0.125. The van der Waals surface area contributed by atoms with Crippen molar-refractivity contribution in [1.29, 1.82) is 0 Å². The second kappa shape index (κ2) is 9.25. The third kappa shape index (κ3) is 5.35. The lowest BCUT2D eigenvalue weighted by atomic mass is 10.1. The minimum absolute atomic E-state index is 0.0549. The molecule has 0 saturated carbocycles. The molecule has 0 unspecified atom stereocenters. The molecule has 1 aromatic heterocycles. The van der Waals surface area contributed by atoms with Gasteiger partial charge in [0.05, 0.1) is 4.90 Å². The Morgan fingerprint density at radius 1 is 0.938 bits per heavy atom. The van der Waals surface area contributed by atoms with E-state index >= 15 is 0 Å². The number of sulfonamides is 1. The van der Waals surface area contributed by atoms with E-state index in [9.17, 15) is 13.2 Å². The van der Waals surface area contributed by atoms with Crippen molar-refractivity contribution in [1.82, 2.24) is 5.32 Å². The van der Waals surface area contributed by atoms with Crippen molar-refractivity contribution >= 4 is 26.7 Å². The van der Waals surface area contributed by atoms with Crippen molar-refractivity contribution in [3.8, 4) is 5.75 Å². The zero-order valence-electron chi connectivity index (χ0n) is 17.2. The van der Waals surface area contributed by atoms with Crippen molar-refractivity contribution in [3.05, 3.63) is 95.9 Å². The Labute approximate surface area is 185 Å². The summed E-state index contributed by atoms with van der Waals surface area (Å²) < 4.78 is 34.0. The van der Waals surface area contributed by atoms with Gasteiger partial charge in [-0.05, 0) is 59.2 Å². The first-order valence-corrected chi connectivity index (χ1v) is 11.5. The summed E-state index contributed by atoms with van der Waals surface area (Å²) in [7, 11) is -3.71. The highest BCUT2D eigenvalue weighted by Crippen LogP contribution is 2.21. The molecule has 1 amide bonds. The van der Waals surface area contributed by atoms with Crippen molar-refractivity contribution in [2.75, 3.05) is 6.54 Å². The van der Waals surface area contributed by atoms with Crippen LogP contribution in [-0.2, 0) is 23.1 Å². The Kier molecular flexibility index (Phi) is 6.25. The first kappa shape index (κ1) is 21.6. The Balaban J connectivity index is 1.27. The second-order valence-electron chi connectivity index (χ2n) is 7.26. The highest BCUT2D eigenvalue weighted by Gasteiger charge is 2.12. The Morgan fingerprint density at radius 2 is 1.69 bits per heavy atom. The largest absolute Gasteiger partial charge is 0.486 e. The molecule has 4 rings (SSSR count). The number of hydrogen-bond donors (Lipinski definition) is 2. The highest BCUT2D eigenvalue weighted by atomic mass is 32.2. The first-order valence-electron chi connectivity index (χ1n) is 9.99. The van der Waals surface area contributed by atoms with Crippen LogP contribution in [0.4, 0.5) is 0 Å². The smallest absolute Gasteiger partial charge is 0.287 e. The van der Waals surface area contributed by atoms with Crippen LogP contribution in [0.25, 0.3) is 10.8 Å². The first-order chi connectivity index (χ1) is 15.4. The molecular formula is C24H22N2O5S. The number of ether oxygens (including phenoxy) is 1. The lowest BCUT2D eigenvalue weighted by molar-refractivity contribution is 0.0922. The van der Waals surface area contributed by atoms with Gasteiger partial charge < -0.3 is 14.5 Å². The van der Waals surface area contributed by atoms with E-state index in [0.717, 1.165) is 22.1 Å². The van der Waals surface area contributed by atoms with E-state index in [2.05, 4.69) is 5.32 Å². The van der Waals surface area contributed by atoms with Crippen LogP contribution in [0.1, 0.15) is 21.9 Å². The van der Waals surface area contributed by atoms with Gasteiger partial charge in [0.25, 0.3) is 5.91 Å². The summed E-state index contributed by atoms with van der Waals surface area (Å²) >= 11 is 0. The molecule has 4 aromatic rings. The maximum Gasteiger partial charge on any atom is 0.287 e. The number of fused-ring (bicyclic) bond motifs is 1. The quantitative estimate of drug-likeness (QED) is 0.426. The third-order valence-corrected chi connectivity index (χ3v) is 5.87. The standard InChI is InChI=1S/C24H22N2O5S/c25-32(28,29)22-10-5-17(6-11-22)13-14-26-24(27)23-12-9-21(31-23)16-30-20-8-7-18-3-1-2-4-19(18)15-20/h1-12,15H,13-14,16H2,(H,26,27)(H2,25,28,29). The topological polar surface area (TPSA) is 112 Å². The van der Waals surface area contributed by atoms with Crippen molar-refractivity contribution in [3.63, 3.8) is 0 Å². The molecule has 0 saturated heterocycles. The molecule has 3 aromatic carbocycles. The Hall–Kier alpha value is -3.62. The van der Waals surface area contributed by atoms with Gasteiger partial charge in [-0.3, -0.25) is 4.79 Å². The summed E-state index contributed by atoms with van der Waals surface area (Å²) in [6.45, 7) is 0.583. The molecule has 0 aliphatic rings. The average Bonchev–Trinajstić information content (AvgIpc) is 3.26. The van der Waals surface area contributed by atoms with Crippen LogP contribution in [-0.4, -0.2) is 20.9 Å². The summed E-state index contributed by atoms with van der Waals surface area (Å²) in [4.78, 5) is 12.4. The lowest BCUT2D eigenvalue weighted by Gasteiger charge is -2.06. The minimum Gasteiger partial charge on any atom is -0.486 e. The Bertz CT molecular complexity index is 1340. The lowest BCUT2D eigenvalue weighted by Crippen LogP contribution is -2.25. The fourth-order valence-electron chi connectivity index (χ4n) is 3.24. The van der Waals surface area contributed by atoms with Crippen molar-refractivity contribution in [2.45, 2.75) is 17.9 Å². The number of hydrogen-bond acceptors (Lipinski definition) is 5. The number of carbonyl (C=O) groups excluding carboxylic acids is 1. The molecular weight excluding hydrogens is 428 g/mol.